The number of anilines is 2. The molecule has 7 heteroatoms. The lowest BCUT2D eigenvalue weighted by Gasteiger charge is -2.31. The van der Waals surface area contributed by atoms with Crippen molar-refractivity contribution in [2.75, 3.05) is 29.9 Å². The average Bonchev–Trinajstić information content (AvgIpc) is 2.63. The second-order valence-corrected chi connectivity index (χ2v) is 6.22. The first kappa shape index (κ1) is 19.4. The number of hydrogen-bond acceptors (Lipinski definition) is 4. The zero-order valence-electron chi connectivity index (χ0n) is 14.4. The van der Waals surface area contributed by atoms with Gasteiger partial charge in [-0.2, -0.15) is 0 Å². The third kappa shape index (κ3) is 5.84. The Hall–Kier alpha value is -1.90. The normalized spacial score (nSPS) is 17.7. The number of hydrogen-bond donors (Lipinski definition) is 2. The Morgan fingerprint density at radius 2 is 2.00 bits per heavy atom. The van der Waals surface area contributed by atoms with Gasteiger partial charge in [0.1, 0.15) is 0 Å². The number of aliphatic imine (C=N–C) groups is 1. The molecule has 1 aliphatic rings. The van der Waals surface area contributed by atoms with Gasteiger partial charge in [-0.25, -0.2) is 9.97 Å². The topological polar surface area (TPSA) is 79.4 Å². The predicted octanol–water partition coefficient (Wildman–Crippen LogP) is 3.05. The lowest BCUT2D eigenvalue weighted by atomic mass is 9.98. The van der Waals surface area contributed by atoms with Crippen LogP contribution in [0.4, 0.5) is 11.6 Å². The summed E-state index contributed by atoms with van der Waals surface area (Å²) in [5, 5.41) is 3.14. The van der Waals surface area contributed by atoms with E-state index in [0.29, 0.717) is 18.4 Å². The zero-order valence-corrected chi connectivity index (χ0v) is 16.8. The average molecular weight is 452 g/mol. The van der Waals surface area contributed by atoms with E-state index < -0.39 is 0 Å². The molecule has 6 nitrogen and oxygen atoms in total. The fourth-order valence-corrected chi connectivity index (χ4v) is 2.90. The van der Waals surface area contributed by atoms with E-state index in [1.807, 2.05) is 18.2 Å². The Bertz CT molecular complexity index is 674. The monoisotopic (exact) mass is 452 g/mol. The Labute approximate surface area is 166 Å². The highest BCUT2D eigenvalue weighted by atomic mass is 127. The van der Waals surface area contributed by atoms with E-state index in [-0.39, 0.29) is 24.0 Å². The molecular weight excluding hydrogens is 427 g/mol. The van der Waals surface area contributed by atoms with E-state index in [1.165, 1.54) is 5.56 Å². The van der Waals surface area contributed by atoms with Gasteiger partial charge < -0.3 is 16.0 Å². The maximum Gasteiger partial charge on any atom is 0.225 e. The van der Waals surface area contributed by atoms with Gasteiger partial charge in [0, 0.05) is 37.7 Å². The lowest BCUT2D eigenvalue weighted by Crippen LogP contribution is -2.38. The highest BCUT2D eigenvalue weighted by Crippen LogP contribution is 2.20. The number of guanidine groups is 1. The summed E-state index contributed by atoms with van der Waals surface area (Å²) in [6, 6.07) is 9.95. The van der Waals surface area contributed by atoms with Gasteiger partial charge in [-0.15, -0.1) is 24.0 Å². The van der Waals surface area contributed by atoms with Gasteiger partial charge in [0.15, 0.2) is 5.96 Å². The van der Waals surface area contributed by atoms with Crippen LogP contribution in [0, 0.1) is 12.8 Å². The molecule has 25 heavy (non-hydrogen) atoms. The summed E-state index contributed by atoms with van der Waals surface area (Å²) in [4.78, 5) is 15.4. The van der Waals surface area contributed by atoms with E-state index in [9.17, 15) is 0 Å². The quantitative estimate of drug-likeness (QED) is 0.424. The third-order valence-corrected chi connectivity index (χ3v) is 4.20. The molecule has 0 spiro atoms. The van der Waals surface area contributed by atoms with Crippen LogP contribution in [0.2, 0.25) is 0 Å². The van der Waals surface area contributed by atoms with Crippen molar-refractivity contribution in [1.82, 2.24) is 9.97 Å². The van der Waals surface area contributed by atoms with Crippen LogP contribution in [-0.2, 0) is 0 Å². The second-order valence-electron chi connectivity index (χ2n) is 6.22. The fraction of sp³-hybridized carbons (Fsp3) is 0.389. The minimum atomic E-state index is 0. The Morgan fingerprint density at radius 1 is 1.28 bits per heavy atom. The minimum Gasteiger partial charge on any atom is -0.370 e. The third-order valence-electron chi connectivity index (χ3n) is 4.20. The number of aryl methyl sites for hydroxylation is 1. The van der Waals surface area contributed by atoms with Crippen molar-refractivity contribution in [3.8, 4) is 0 Å². The summed E-state index contributed by atoms with van der Waals surface area (Å²) in [6.07, 6.45) is 5.86. The molecule has 1 aliphatic heterocycles. The number of benzene rings is 1. The first-order valence-electron chi connectivity index (χ1n) is 8.36. The number of aromatic nitrogens is 2. The van der Waals surface area contributed by atoms with Crippen LogP contribution < -0.4 is 16.0 Å². The van der Waals surface area contributed by atoms with Crippen molar-refractivity contribution in [2.24, 2.45) is 16.6 Å². The molecule has 0 radical (unpaired) electrons. The molecule has 0 aliphatic carbocycles. The molecule has 1 aromatic heterocycles. The zero-order chi connectivity index (χ0) is 16.8. The van der Waals surface area contributed by atoms with Crippen molar-refractivity contribution in [1.29, 1.82) is 0 Å². The van der Waals surface area contributed by atoms with Gasteiger partial charge in [0.25, 0.3) is 0 Å². The largest absolute Gasteiger partial charge is 0.370 e. The molecule has 1 atom stereocenters. The van der Waals surface area contributed by atoms with Crippen molar-refractivity contribution >= 4 is 41.6 Å². The summed E-state index contributed by atoms with van der Waals surface area (Å²) in [6.45, 7) is 4.70. The highest BCUT2D eigenvalue weighted by molar-refractivity contribution is 14.0. The highest BCUT2D eigenvalue weighted by Gasteiger charge is 2.21. The molecular formula is C18H25IN6. The molecule has 1 aromatic carbocycles. The van der Waals surface area contributed by atoms with Crippen LogP contribution in [0.5, 0.6) is 0 Å². The summed E-state index contributed by atoms with van der Waals surface area (Å²) < 4.78 is 0. The molecule has 3 N–H and O–H groups in total. The number of nitrogens with two attached hydrogens (primary N) is 1. The van der Waals surface area contributed by atoms with Crippen LogP contribution in [0.15, 0.2) is 47.7 Å². The van der Waals surface area contributed by atoms with Gasteiger partial charge in [-0.3, -0.25) is 4.99 Å². The molecule has 1 fully saturated rings. The minimum absolute atomic E-state index is 0. The standard InChI is InChI=1S/C18H24N6.HI/c1-14-5-7-16(8-6-14)23-17(19)22-12-15-4-2-11-24(13-15)18-20-9-3-10-21-18;/h3,5-10,15H,2,4,11-13H2,1H3,(H3,19,22,23);1H. The van der Waals surface area contributed by atoms with Crippen LogP contribution in [-0.4, -0.2) is 35.6 Å². The van der Waals surface area contributed by atoms with Crippen molar-refractivity contribution in [3.63, 3.8) is 0 Å². The van der Waals surface area contributed by atoms with Crippen LogP contribution in [0.25, 0.3) is 0 Å². The number of piperidine rings is 1. The first-order valence-corrected chi connectivity index (χ1v) is 8.36. The Balaban J connectivity index is 0.00000225. The molecule has 2 heterocycles. The Morgan fingerprint density at radius 3 is 2.72 bits per heavy atom. The summed E-state index contributed by atoms with van der Waals surface area (Å²) >= 11 is 0. The van der Waals surface area contributed by atoms with Crippen LogP contribution >= 0.6 is 24.0 Å². The number of nitrogens with zero attached hydrogens (tertiary/aromatic N) is 4. The second kappa shape index (κ2) is 9.55. The fourth-order valence-electron chi connectivity index (χ4n) is 2.90. The van der Waals surface area contributed by atoms with E-state index in [4.69, 9.17) is 5.73 Å². The molecule has 0 bridgehead atoms. The number of halogens is 1. The van der Waals surface area contributed by atoms with Crippen molar-refractivity contribution in [3.05, 3.63) is 48.3 Å². The summed E-state index contributed by atoms with van der Waals surface area (Å²) in [5.74, 6) is 1.74. The van der Waals surface area contributed by atoms with Gasteiger partial charge in [-0.1, -0.05) is 17.7 Å². The smallest absolute Gasteiger partial charge is 0.225 e. The summed E-state index contributed by atoms with van der Waals surface area (Å²) in [5.41, 5.74) is 8.19. The SMILES string of the molecule is Cc1ccc(NC(N)=NCC2CCCN(c3ncccn3)C2)cc1.I. The van der Waals surface area contributed by atoms with E-state index >= 15 is 0 Å². The van der Waals surface area contributed by atoms with Gasteiger partial charge >= 0.3 is 0 Å². The van der Waals surface area contributed by atoms with E-state index in [0.717, 1.165) is 37.6 Å². The van der Waals surface area contributed by atoms with Gasteiger partial charge in [0.2, 0.25) is 5.95 Å². The molecule has 0 amide bonds. The number of nitrogens with one attached hydrogen (secondary N) is 1. The van der Waals surface area contributed by atoms with Crippen molar-refractivity contribution < 1.29 is 0 Å². The van der Waals surface area contributed by atoms with Crippen molar-refractivity contribution in [2.45, 2.75) is 19.8 Å². The molecule has 2 aromatic rings. The maximum atomic E-state index is 6.01. The van der Waals surface area contributed by atoms with Crippen LogP contribution in [0.1, 0.15) is 18.4 Å². The van der Waals surface area contributed by atoms with Gasteiger partial charge in [0.05, 0.1) is 0 Å². The molecule has 0 saturated carbocycles. The van der Waals surface area contributed by atoms with Crippen LogP contribution in [0.3, 0.4) is 0 Å². The molecule has 1 saturated heterocycles. The molecule has 3 rings (SSSR count). The predicted molar refractivity (Wildman–Crippen MR) is 114 cm³/mol. The van der Waals surface area contributed by atoms with E-state index in [1.54, 1.807) is 12.4 Å². The lowest BCUT2D eigenvalue weighted by molar-refractivity contribution is 0.420. The Kier molecular flexibility index (Phi) is 7.42. The maximum absolute atomic E-state index is 6.01. The molecule has 1 unspecified atom stereocenters. The van der Waals surface area contributed by atoms with Gasteiger partial charge in [-0.05, 0) is 43.9 Å². The first-order chi connectivity index (χ1) is 11.7. The number of rotatable bonds is 4. The van der Waals surface area contributed by atoms with E-state index in [2.05, 4.69) is 44.2 Å². The molecule has 134 valence electrons. The summed E-state index contributed by atoms with van der Waals surface area (Å²) in [7, 11) is 0.